The maximum Gasteiger partial charge on any atom is 0.0107 e. The van der Waals surface area contributed by atoms with Gasteiger partial charge < -0.3 is 15.5 Å². The molecule has 0 aromatic heterocycles. The quantitative estimate of drug-likeness (QED) is 0.687. The van der Waals surface area contributed by atoms with Crippen LogP contribution in [0.5, 0.6) is 0 Å². The van der Waals surface area contributed by atoms with E-state index < -0.39 is 0 Å². The van der Waals surface area contributed by atoms with Crippen LogP contribution in [-0.2, 0) is 0 Å². The van der Waals surface area contributed by atoms with Crippen LogP contribution >= 0.6 is 0 Å². The van der Waals surface area contributed by atoms with Gasteiger partial charge in [-0.15, -0.1) is 0 Å². The first kappa shape index (κ1) is 13.3. The van der Waals surface area contributed by atoms with Crippen molar-refractivity contribution in [1.82, 2.24) is 15.5 Å². The van der Waals surface area contributed by atoms with Gasteiger partial charge in [0.15, 0.2) is 0 Å². The first-order valence-electron chi connectivity index (χ1n) is 7.48. The van der Waals surface area contributed by atoms with Crippen molar-refractivity contribution in [3.8, 4) is 0 Å². The highest BCUT2D eigenvalue weighted by Crippen LogP contribution is 2.21. The number of piperidine rings is 1. The molecule has 1 aliphatic carbocycles. The summed E-state index contributed by atoms with van der Waals surface area (Å²) in [4.78, 5) is 2.56. The van der Waals surface area contributed by atoms with Crippen LogP contribution in [0.2, 0.25) is 0 Å². The lowest BCUT2D eigenvalue weighted by Crippen LogP contribution is -2.38. The molecule has 0 aromatic carbocycles. The van der Waals surface area contributed by atoms with Crippen LogP contribution < -0.4 is 10.6 Å². The van der Waals surface area contributed by atoms with Gasteiger partial charge in [0.1, 0.15) is 0 Å². The number of nitrogens with one attached hydrogen (secondary N) is 2. The molecule has 1 heterocycles. The number of hydrogen-bond acceptors (Lipinski definition) is 3. The molecule has 0 bridgehead atoms. The summed E-state index contributed by atoms with van der Waals surface area (Å²) in [5, 5.41) is 7.06. The van der Waals surface area contributed by atoms with E-state index in [1.165, 1.54) is 64.7 Å². The van der Waals surface area contributed by atoms with E-state index in [0.29, 0.717) is 0 Å². The second-order valence-corrected chi connectivity index (χ2v) is 5.82. The molecule has 17 heavy (non-hydrogen) atoms. The zero-order valence-electron chi connectivity index (χ0n) is 11.4. The normalized spacial score (nSPS) is 23.6. The van der Waals surface area contributed by atoms with Gasteiger partial charge in [-0.1, -0.05) is 12.8 Å². The van der Waals surface area contributed by atoms with Crippen molar-refractivity contribution < 1.29 is 0 Å². The molecule has 1 saturated heterocycles. The van der Waals surface area contributed by atoms with Crippen LogP contribution in [0, 0.1) is 5.92 Å². The van der Waals surface area contributed by atoms with E-state index in [9.17, 15) is 0 Å². The predicted molar refractivity (Wildman–Crippen MR) is 73.3 cm³/mol. The third-order valence-corrected chi connectivity index (χ3v) is 4.48. The van der Waals surface area contributed by atoms with E-state index in [1.54, 1.807) is 0 Å². The summed E-state index contributed by atoms with van der Waals surface area (Å²) in [7, 11) is 2.29. The molecular weight excluding hydrogens is 210 g/mol. The lowest BCUT2D eigenvalue weighted by molar-refractivity contribution is 0.242. The highest BCUT2D eigenvalue weighted by Gasteiger charge is 2.19. The van der Waals surface area contributed by atoms with Crippen molar-refractivity contribution in [2.75, 3.05) is 39.8 Å². The summed E-state index contributed by atoms with van der Waals surface area (Å²) >= 11 is 0. The average Bonchev–Trinajstić information content (AvgIpc) is 2.89. The molecule has 0 aromatic rings. The third kappa shape index (κ3) is 4.57. The molecule has 100 valence electrons. The molecule has 0 atom stereocenters. The predicted octanol–water partition coefficient (Wildman–Crippen LogP) is 1.45. The van der Waals surface area contributed by atoms with Crippen molar-refractivity contribution in [3.63, 3.8) is 0 Å². The SMILES string of the molecule is CN(CCNCC1CCNCC1)C1CCCC1. The van der Waals surface area contributed by atoms with Crippen LogP contribution in [0.1, 0.15) is 38.5 Å². The van der Waals surface area contributed by atoms with Crippen LogP contribution in [0.4, 0.5) is 0 Å². The molecule has 2 fully saturated rings. The topological polar surface area (TPSA) is 27.3 Å². The van der Waals surface area contributed by atoms with Gasteiger partial charge in [0.2, 0.25) is 0 Å². The van der Waals surface area contributed by atoms with Crippen molar-refractivity contribution in [2.45, 2.75) is 44.6 Å². The van der Waals surface area contributed by atoms with E-state index in [2.05, 4.69) is 22.6 Å². The van der Waals surface area contributed by atoms with Crippen LogP contribution in [0.15, 0.2) is 0 Å². The van der Waals surface area contributed by atoms with E-state index >= 15 is 0 Å². The molecule has 0 unspecified atom stereocenters. The highest BCUT2D eigenvalue weighted by atomic mass is 15.1. The summed E-state index contributed by atoms with van der Waals surface area (Å²) in [5.74, 6) is 0.910. The molecule has 1 aliphatic heterocycles. The van der Waals surface area contributed by atoms with Crippen molar-refractivity contribution in [2.24, 2.45) is 5.92 Å². The smallest absolute Gasteiger partial charge is 0.0107 e. The van der Waals surface area contributed by atoms with Gasteiger partial charge in [-0.05, 0) is 58.3 Å². The molecule has 3 heteroatoms. The maximum atomic E-state index is 3.64. The van der Waals surface area contributed by atoms with Gasteiger partial charge in [-0.25, -0.2) is 0 Å². The minimum absolute atomic E-state index is 0.871. The van der Waals surface area contributed by atoms with Gasteiger partial charge in [0.05, 0.1) is 0 Å². The van der Waals surface area contributed by atoms with Crippen molar-refractivity contribution >= 4 is 0 Å². The van der Waals surface area contributed by atoms with Gasteiger partial charge in [0, 0.05) is 19.1 Å². The van der Waals surface area contributed by atoms with Crippen molar-refractivity contribution in [1.29, 1.82) is 0 Å². The summed E-state index contributed by atoms with van der Waals surface area (Å²) < 4.78 is 0. The lowest BCUT2D eigenvalue weighted by atomic mass is 9.98. The molecule has 3 nitrogen and oxygen atoms in total. The second-order valence-electron chi connectivity index (χ2n) is 5.82. The number of likely N-dealkylation sites (N-methyl/N-ethyl adjacent to an activating group) is 1. The first-order valence-corrected chi connectivity index (χ1v) is 7.48. The molecular formula is C14H29N3. The Hall–Kier alpha value is -0.120. The fraction of sp³-hybridized carbons (Fsp3) is 1.00. The van der Waals surface area contributed by atoms with Gasteiger partial charge in [-0.3, -0.25) is 0 Å². The number of rotatable bonds is 6. The molecule has 2 aliphatic rings. The summed E-state index contributed by atoms with van der Waals surface area (Å²) in [6.07, 6.45) is 8.43. The van der Waals surface area contributed by atoms with E-state index in [4.69, 9.17) is 0 Å². The molecule has 0 amide bonds. The monoisotopic (exact) mass is 239 g/mol. The first-order chi connectivity index (χ1) is 8.36. The van der Waals surface area contributed by atoms with Gasteiger partial charge in [0.25, 0.3) is 0 Å². The standard InChI is InChI=1S/C14H29N3/c1-17(14-4-2-3-5-14)11-10-16-12-13-6-8-15-9-7-13/h13-16H,2-12H2,1H3. The Balaban J connectivity index is 1.50. The van der Waals surface area contributed by atoms with E-state index in [0.717, 1.165) is 18.5 Å². The molecule has 2 rings (SSSR count). The molecule has 0 radical (unpaired) electrons. The van der Waals surface area contributed by atoms with Crippen molar-refractivity contribution in [3.05, 3.63) is 0 Å². The number of nitrogens with zero attached hydrogens (tertiary/aromatic N) is 1. The zero-order valence-corrected chi connectivity index (χ0v) is 11.4. The maximum absolute atomic E-state index is 3.64. The minimum Gasteiger partial charge on any atom is -0.317 e. The van der Waals surface area contributed by atoms with Crippen LogP contribution in [-0.4, -0.2) is 50.7 Å². The molecule has 1 saturated carbocycles. The minimum atomic E-state index is 0.871. The fourth-order valence-electron chi connectivity index (χ4n) is 3.18. The molecule has 2 N–H and O–H groups in total. The Bertz CT molecular complexity index is 196. The summed E-state index contributed by atoms with van der Waals surface area (Å²) in [6.45, 7) is 6.04. The van der Waals surface area contributed by atoms with Crippen LogP contribution in [0.25, 0.3) is 0 Å². The Labute approximate surface area is 106 Å². The van der Waals surface area contributed by atoms with Gasteiger partial charge >= 0.3 is 0 Å². The Morgan fingerprint density at radius 1 is 1.12 bits per heavy atom. The summed E-state index contributed by atoms with van der Waals surface area (Å²) in [5.41, 5.74) is 0. The lowest BCUT2D eigenvalue weighted by Gasteiger charge is -2.26. The Kier molecular flexibility index (Phi) is 5.75. The Morgan fingerprint density at radius 2 is 1.82 bits per heavy atom. The zero-order chi connectivity index (χ0) is 11.9. The largest absolute Gasteiger partial charge is 0.317 e. The van der Waals surface area contributed by atoms with E-state index in [-0.39, 0.29) is 0 Å². The van der Waals surface area contributed by atoms with Crippen LogP contribution in [0.3, 0.4) is 0 Å². The van der Waals surface area contributed by atoms with Gasteiger partial charge in [-0.2, -0.15) is 0 Å². The highest BCUT2D eigenvalue weighted by molar-refractivity contribution is 4.76. The molecule has 0 spiro atoms. The van der Waals surface area contributed by atoms with E-state index in [1.807, 2.05) is 0 Å². The average molecular weight is 239 g/mol. The summed E-state index contributed by atoms with van der Waals surface area (Å²) in [6, 6.07) is 0.871. The second kappa shape index (κ2) is 7.34. The third-order valence-electron chi connectivity index (χ3n) is 4.48. The Morgan fingerprint density at radius 3 is 2.53 bits per heavy atom. The fourth-order valence-corrected chi connectivity index (χ4v) is 3.18. The number of hydrogen-bond donors (Lipinski definition) is 2.